The molecule has 0 spiro atoms. The minimum atomic E-state index is -4.79. The third-order valence-electron chi connectivity index (χ3n) is 5.92. The molecule has 42 heavy (non-hydrogen) atoms. The molecule has 222 valence electrons. The molecule has 0 fully saturated rings. The molecule has 0 unspecified atom stereocenters. The number of hydrogen-bond donors (Lipinski definition) is 0. The lowest BCUT2D eigenvalue weighted by atomic mass is 10.1. The predicted molar refractivity (Wildman–Crippen MR) is 136 cm³/mol. The Balaban J connectivity index is 1.64. The van der Waals surface area contributed by atoms with Gasteiger partial charge in [0.1, 0.15) is 10.7 Å². The van der Waals surface area contributed by atoms with Crippen molar-refractivity contribution >= 4 is 16.0 Å². The van der Waals surface area contributed by atoms with E-state index < -0.39 is 44.4 Å². The number of hydrogen-bond acceptors (Lipinski definition) is 6. The van der Waals surface area contributed by atoms with Crippen LogP contribution in [-0.4, -0.2) is 26.3 Å². The first kappa shape index (κ1) is 30.5. The van der Waals surface area contributed by atoms with Gasteiger partial charge in [0.05, 0.1) is 31.0 Å². The fourth-order valence-electron chi connectivity index (χ4n) is 3.87. The summed E-state index contributed by atoms with van der Waals surface area (Å²) in [5, 5.41) is 0. The molecule has 0 bridgehead atoms. The summed E-state index contributed by atoms with van der Waals surface area (Å²) in [7, 11) is -3.54. The van der Waals surface area contributed by atoms with Crippen LogP contribution in [0.2, 0.25) is 0 Å². The molecule has 1 heterocycles. The van der Waals surface area contributed by atoms with Crippen LogP contribution in [-0.2, 0) is 35.6 Å². The predicted octanol–water partition coefficient (Wildman–Crippen LogP) is 6.94. The number of benzene rings is 3. The molecule has 1 amide bonds. The van der Waals surface area contributed by atoms with E-state index in [0.717, 1.165) is 36.4 Å². The summed E-state index contributed by atoms with van der Waals surface area (Å²) < 4.78 is 120. The highest BCUT2D eigenvalue weighted by atomic mass is 32.2. The minimum Gasteiger partial charge on any atom is -0.493 e. The fourth-order valence-corrected chi connectivity index (χ4v) is 4.85. The van der Waals surface area contributed by atoms with E-state index in [-0.39, 0.29) is 30.2 Å². The molecular weight excluding hydrogens is 592 g/mol. The van der Waals surface area contributed by atoms with E-state index in [9.17, 15) is 39.6 Å². The van der Waals surface area contributed by atoms with Crippen molar-refractivity contribution in [3.8, 4) is 11.5 Å². The first-order valence-electron chi connectivity index (χ1n) is 11.9. The Morgan fingerprint density at radius 1 is 0.810 bits per heavy atom. The Hall–Kier alpha value is -4.46. The maximum Gasteiger partial charge on any atom is 0.416 e. The van der Waals surface area contributed by atoms with Gasteiger partial charge in [-0.1, -0.05) is 12.1 Å². The van der Waals surface area contributed by atoms with E-state index in [2.05, 4.69) is 0 Å². The van der Waals surface area contributed by atoms with Crippen LogP contribution < -0.4 is 8.92 Å². The zero-order chi connectivity index (χ0) is 30.7. The molecule has 0 saturated heterocycles. The zero-order valence-corrected chi connectivity index (χ0v) is 22.4. The molecule has 0 aliphatic rings. The highest BCUT2D eigenvalue weighted by Gasteiger charge is 2.33. The molecule has 14 heteroatoms. The lowest BCUT2D eigenvalue weighted by Crippen LogP contribution is -2.30. The average molecular weight is 614 g/mol. The number of alkyl halides is 6. The quantitative estimate of drug-likeness (QED) is 0.150. The molecule has 4 rings (SSSR count). The lowest BCUT2D eigenvalue weighted by molar-refractivity contribution is -0.138. The normalized spacial score (nSPS) is 12.2. The van der Waals surface area contributed by atoms with Crippen molar-refractivity contribution in [1.82, 2.24) is 4.90 Å². The number of rotatable bonds is 9. The van der Waals surface area contributed by atoms with Crippen LogP contribution in [0.3, 0.4) is 0 Å². The number of halogens is 6. The third-order valence-corrected chi connectivity index (χ3v) is 7.15. The van der Waals surface area contributed by atoms with E-state index in [1.165, 1.54) is 36.5 Å². The van der Waals surface area contributed by atoms with Gasteiger partial charge in [-0.3, -0.25) is 4.79 Å². The van der Waals surface area contributed by atoms with Crippen molar-refractivity contribution < 1.29 is 52.9 Å². The van der Waals surface area contributed by atoms with Crippen molar-refractivity contribution in [2.45, 2.75) is 30.3 Å². The van der Waals surface area contributed by atoms with Gasteiger partial charge in [0, 0.05) is 12.1 Å². The summed E-state index contributed by atoms with van der Waals surface area (Å²) >= 11 is 0. The molecule has 1 aromatic heterocycles. The van der Waals surface area contributed by atoms with Gasteiger partial charge in [0.15, 0.2) is 11.5 Å². The molecule has 0 N–H and O–H groups in total. The van der Waals surface area contributed by atoms with Crippen LogP contribution in [0.5, 0.6) is 11.5 Å². The Kier molecular flexibility index (Phi) is 8.57. The Bertz CT molecular complexity index is 1650. The number of carbonyl (C=O) groups excluding carboxylic acids is 1. The van der Waals surface area contributed by atoms with Gasteiger partial charge in [0.25, 0.3) is 5.91 Å². The van der Waals surface area contributed by atoms with Gasteiger partial charge in [-0.15, -0.1) is 0 Å². The SMILES string of the molecule is COc1ccc(CN(Cc2ccco2)C(=O)c2ccc(C(F)(F)F)cc2)cc1OS(=O)(=O)c1cccc(C(F)(F)F)c1. The molecule has 4 aromatic rings. The fraction of sp³-hybridized carbons (Fsp3) is 0.179. The second-order valence-electron chi connectivity index (χ2n) is 8.86. The molecule has 7 nitrogen and oxygen atoms in total. The van der Waals surface area contributed by atoms with Gasteiger partial charge < -0.3 is 18.2 Å². The van der Waals surface area contributed by atoms with Crippen molar-refractivity contribution in [2.24, 2.45) is 0 Å². The number of furan rings is 1. The van der Waals surface area contributed by atoms with Crippen molar-refractivity contribution in [3.63, 3.8) is 0 Å². The lowest BCUT2D eigenvalue weighted by Gasteiger charge is -2.23. The summed E-state index contributed by atoms with van der Waals surface area (Å²) in [6.07, 6.45) is -8.02. The van der Waals surface area contributed by atoms with Crippen LogP contribution >= 0.6 is 0 Å². The number of amides is 1. The Morgan fingerprint density at radius 2 is 1.50 bits per heavy atom. The van der Waals surface area contributed by atoms with Crippen LogP contribution in [0.1, 0.15) is 32.8 Å². The second-order valence-corrected chi connectivity index (χ2v) is 10.4. The van der Waals surface area contributed by atoms with Crippen molar-refractivity contribution in [3.05, 3.63) is 113 Å². The Morgan fingerprint density at radius 3 is 2.10 bits per heavy atom. The first-order valence-corrected chi connectivity index (χ1v) is 13.4. The highest BCUT2D eigenvalue weighted by Crippen LogP contribution is 2.34. The highest BCUT2D eigenvalue weighted by molar-refractivity contribution is 7.87. The summed E-state index contributed by atoms with van der Waals surface area (Å²) in [6, 6.07) is 13.8. The van der Waals surface area contributed by atoms with E-state index in [4.69, 9.17) is 13.3 Å². The number of nitrogens with zero attached hydrogens (tertiary/aromatic N) is 1. The number of carbonyl (C=O) groups is 1. The van der Waals surface area contributed by atoms with E-state index >= 15 is 0 Å². The van der Waals surface area contributed by atoms with E-state index in [1.807, 2.05) is 0 Å². The summed E-state index contributed by atoms with van der Waals surface area (Å²) in [5.41, 5.74) is -1.87. The first-order chi connectivity index (χ1) is 19.7. The van der Waals surface area contributed by atoms with Crippen molar-refractivity contribution in [2.75, 3.05) is 7.11 Å². The third kappa shape index (κ3) is 7.24. The van der Waals surface area contributed by atoms with Crippen molar-refractivity contribution in [1.29, 1.82) is 0 Å². The molecule has 0 atom stereocenters. The Labute approximate surface area is 236 Å². The topological polar surface area (TPSA) is 86.0 Å². The molecule has 0 aliphatic heterocycles. The molecule has 0 saturated carbocycles. The zero-order valence-electron chi connectivity index (χ0n) is 21.6. The molecule has 3 aromatic carbocycles. The van der Waals surface area contributed by atoms with Gasteiger partial charge in [0.2, 0.25) is 0 Å². The minimum absolute atomic E-state index is 0.0494. The van der Waals surface area contributed by atoms with Crippen LogP contribution in [0, 0.1) is 0 Å². The van der Waals surface area contributed by atoms with E-state index in [1.54, 1.807) is 12.1 Å². The van der Waals surface area contributed by atoms with Crippen LogP contribution in [0.4, 0.5) is 26.3 Å². The largest absolute Gasteiger partial charge is 0.493 e. The summed E-state index contributed by atoms with van der Waals surface area (Å²) in [4.78, 5) is 13.8. The summed E-state index contributed by atoms with van der Waals surface area (Å²) in [6.45, 7) is -0.290. The summed E-state index contributed by atoms with van der Waals surface area (Å²) in [5.74, 6) is -0.740. The van der Waals surface area contributed by atoms with Crippen LogP contribution in [0.15, 0.2) is 94.4 Å². The van der Waals surface area contributed by atoms with Gasteiger partial charge >= 0.3 is 22.5 Å². The van der Waals surface area contributed by atoms with Gasteiger partial charge in [-0.25, -0.2) is 0 Å². The average Bonchev–Trinajstić information content (AvgIpc) is 3.45. The maximum atomic E-state index is 13.3. The number of ether oxygens (including phenoxy) is 1. The second kappa shape index (κ2) is 11.8. The maximum absolute atomic E-state index is 13.3. The monoisotopic (exact) mass is 613 g/mol. The van der Waals surface area contributed by atoms with Gasteiger partial charge in [-0.05, 0) is 72.3 Å². The van der Waals surface area contributed by atoms with Gasteiger partial charge in [-0.2, -0.15) is 34.8 Å². The molecule has 0 aliphatic carbocycles. The standard InChI is InChI=1S/C28H21F6NO6S/c1-39-24-12-7-18(14-25(24)41-42(37,38)23-6-2-4-21(15-23)28(32,33)34)16-35(17-22-5-3-13-40-22)26(36)19-8-10-20(11-9-19)27(29,30)31/h2-15H,16-17H2,1H3. The molecule has 0 radical (unpaired) electrons. The van der Waals surface area contributed by atoms with E-state index in [0.29, 0.717) is 23.5 Å². The number of methoxy groups -OCH3 is 1. The van der Waals surface area contributed by atoms with Crippen LogP contribution in [0.25, 0.3) is 0 Å². The smallest absolute Gasteiger partial charge is 0.416 e. The molecular formula is C28H21F6NO6S.